The predicted molar refractivity (Wildman–Crippen MR) is 81.6 cm³/mol. The summed E-state index contributed by atoms with van der Waals surface area (Å²) in [6, 6.07) is 7.19. The van der Waals surface area contributed by atoms with Crippen LogP contribution in [0.25, 0.3) is 0 Å². The van der Waals surface area contributed by atoms with Crippen LogP contribution in [0.15, 0.2) is 46.1 Å². The van der Waals surface area contributed by atoms with Crippen molar-refractivity contribution in [1.82, 2.24) is 0 Å². The summed E-state index contributed by atoms with van der Waals surface area (Å²) in [5.74, 6) is 0. The average molecular weight is 345 g/mol. The maximum Gasteiger partial charge on any atom is 0.225 e. The Morgan fingerprint density at radius 1 is 1.27 bits per heavy atom. The van der Waals surface area contributed by atoms with Crippen LogP contribution < -0.4 is 4.57 Å². The van der Waals surface area contributed by atoms with E-state index in [4.69, 9.17) is 9.84 Å². The van der Waals surface area contributed by atoms with Gasteiger partial charge in [-0.3, -0.25) is 0 Å². The molecule has 0 amide bonds. The standard InChI is InChI=1S/C8H14NO2S.C6H6O3S/c1-8-6-12-7-9(8)2-4-11-5-3-10;7-10(8,9)6-4-2-1-3-5-6/h6-7,10H,2-5H2,1H3;1-5H,(H,7,8,9)/q+1;/p-1. The molecule has 1 aromatic carbocycles. The second-order valence-electron chi connectivity index (χ2n) is 4.30. The molecule has 22 heavy (non-hydrogen) atoms. The quantitative estimate of drug-likeness (QED) is 0.478. The Labute approximate surface area is 134 Å². The molecular formula is C14H19NO5S2. The number of ether oxygens (including phenoxy) is 1. The fraction of sp³-hybridized carbons (Fsp3) is 0.357. The Kier molecular flexibility index (Phi) is 8.21. The van der Waals surface area contributed by atoms with Gasteiger partial charge in [-0.2, -0.15) is 4.57 Å². The summed E-state index contributed by atoms with van der Waals surface area (Å²) < 4.78 is 38.1. The lowest BCUT2D eigenvalue weighted by Gasteiger charge is -2.04. The lowest BCUT2D eigenvalue weighted by Crippen LogP contribution is -2.36. The van der Waals surface area contributed by atoms with Gasteiger partial charge in [0.05, 0.1) is 23.5 Å². The number of rotatable bonds is 6. The largest absolute Gasteiger partial charge is 0.744 e. The number of aliphatic hydroxyl groups excluding tert-OH is 1. The van der Waals surface area contributed by atoms with Crippen LogP contribution in [-0.4, -0.2) is 37.9 Å². The van der Waals surface area contributed by atoms with Gasteiger partial charge in [-0.1, -0.05) is 29.5 Å². The smallest absolute Gasteiger partial charge is 0.225 e. The number of benzene rings is 1. The molecular weight excluding hydrogens is 326 g/mol. The topological polar surface area (TPSA) is 90.5 Å². The van der Waals surface area contributed by atoms with Crippen molar-refractivity contribution in [3.63, 3.8) is 0 Å². The van der Waals surface area contributed by atoms with Crippen LogP contribution in [0.4, 0.5) is 0 Å². The van der Waals surface area contributed by atoms with Gasteiger partial charge in [0.25, 0.3) is 0 Å². The zero-order valence-corrected chi connectivity index (χ0v) is 13.8. The molecule has 8 heteroatoms. The highest BCUT2D eigenvalue weighted by Gasteiger charge is 2.05. The molecule has 0 fully saturated rings. The van der Waals surface area contributed by atoms with E-state index in [1.807, 2.05) is 0 Å². The van der Waals surface area contributed by atoms with E-state index in [-0.39, 0.29) is 11.5 Å². The zero-order valence-electron chi connectivity index (χ0n) is 12.2. The summed E-state index contributed by atoms with van der Waals surface area (Å²) >= 11 is 1.69. The van der Waals surface area contributed by atoms with Crippen LogP contribution in [0.5, 0.6) is 0 Å². The average Bonchev–Trinajstić information content (AvgIpc) is 2.90. The summed E-state index contributed by atoms with van der Waals surface area (Å²) in [6.45, 7) is 4.15. The van der Waals surface area contributed by atoms with Gasteiger partial charge in [-0.15, -0.1) is 0 Å². The molecule has 0 aliphatic heterocycles. The number of hydrogen-bond donors (Lipinski definition) is 1. The van der Waals surface area contributed by atoms with Crippen LogP contribution in [0.1, 0.15) is 5.69 Å². The highest BCUT2D eigenvalue weighted by atomic mass is 32.2. The predicted octanol–water partition coefficient (Wildman–Crippen LogP) is 0.944. The van der Waals surface area contributed by atoms with Crippen molar-refractivity contribution in [3.05, 3.63) is 46.9 Å². The Bertz CT molecular complexity index is 640. The highest BCUT2D eigenvalue weighted by Crippen LogP contribution is 2.05. The third-order valence-corrected chi connectivity index (χ3v) is 4.33. The van der Waals surface area contributed by atoms with E-state index in [1.54, 1.807) is 17.4 Å². The van der Waals surface area contributed by atoms with Gasteiger partial charge in [0.15, 0.2) is 12.2 Å². The summed E-state index contributed by atoms with van der Waals surface area (Å²) in [5.41, 5.74) is 3.32. The molecule has 0 aliphatic rings. The lowest BCUT2D eigenvalue weighted by molar-refractivity contribution is -0.699. The molecule has 0 bridgehead atoms. The van der Waals surface area contributed by atoms with E-state index in [9.17, 15) is 13.0 Å². The second kappa shape index (κ2) is 9.65. The SMILES string of the molecule is Cc1csc[n+]1CCOCCO.O=S(=O)([O-])c1ccccc1. The molecule has 0 saturated carbocycles. The molecule has 1 N–H and O–H groups in total. The number of aromatic nitrogens is 1. The number of nitrogens with zero attached hydrogens (tertiary/aromatic N) is 1. The summed E-state index contributed by atoms with van der Waals surface area (Å²) in [4.78, 5) is -0.185. The first-order chi connectivity index (χ1) is 10.4. The van der Waals surface area contributed by atoms with Crippen LogP contribution in [0.3, 0.4) is 0 Å². The first-order valence-corrected chi connectivity index (χ1v) is 8.92. The maximum atomic E-state index is 10.3. The molecule has 0 radical (unpaired) electrons. The first-order valence-electron chi connectivity index (χ1n) is 6.57. The number of aryl methyl sites for hydroxylation is 1. The van der Waals surface area contributed by atoms with Crippen molar-refractivity contribution >= 4 is 21.5 Å². The molecule has 1 aromatic heterocycles. The van der Waals surface area contributed by atoms with Crippen LogP contribution in [0.2, 0.25) is 0 Å². The van der Waals surface area contributed by atoms with Gasteiger partial charge in [0, 0.05) is 6.92 Å². The van der Waals surface area contributed by atoms with E-state index in [0.717, 1.165) is 6.54 Å². The van der Waals surface area contributed by atoms with Crippen LogP contribution >= 0.6 is 11.3 Å². The number of thiazole rings is 1. The monoisotopic (exact) mass is 345 g/mol. The molecule has 6 nitrogen and oxygen atoms in total. The molecule has 2 aromatic rings. The molecule has 0 unspecified atom stereocenters. The molecule has 0 saturated heterocycles. The molecule has 1 heterocycles. The minimum atomic E-state index is -4.25. The summed E-state index contributed by atoms with van der Waals surface area (Å²) in [6.07, 6.45) is 0. The fourth-order valence-electron chi connectivity index (χ4n) is 1.50. The van der Waals surface area contributed by atoms with Gasteiger partial charge in [0.2, 0.25) is 5.51 Å². The molecule has 2 rings (SSSR count). The van der Waals surface area contributed by atoms with Crippen molar-refractivity contribution in [1.29, 1.82) is 0 Å². The Hall–Kier alpha value is -1.32. The van der Waals surface area contributed by atoms with E-state index in [2.05, 4.69) is 22.4 Å². The fourth-order valence-corrected chi connectivity index (χ4v) is 2.80. The molecule has 0 atom stereocenters. The normalized spacial score (nSPS) is 10.9. The lowest BCUT2D eigenvalue weighted by atomic mass is 10.4. The zero-order chi connectivity index (χ0) is 16.4. The van der Waals surface area contributed by atoms with E-state index in [0.29, 0.717) is 13.2 Å². The van der Waals surface area contributed by atoms with Gasteiger partial charge in [-0.25, -0.2) is 8.42 Å². The minimum absolute atomic E-state index is 0.104. The van der Waals surface area contributed by atoms with Gasteiger partial charge < -0.3 is 14.4 Å². The van der Waals surface area contributed by atoms with E-state index < -0.39 is 10.1 Å². The Balaban J connectivity index is 0.000000224. The summed E-state index contributed by atoms with van der Waals surface area (Å²) in [5, 5.41) is 10.6. The first kappa shape index (κ1) is 18.7. The van der Waals surface area contributed by atoms with Crippen molar-refractivity contribution in [3.8, 4) is 0 Å². The Morgan fingerprint density at radius 3 is 2.41 bits per heavy atom. The third kappa shape index (κ3) is 7.10. The third-order valence-electron chi connectivity index (χ3n) is 2.62. The molecule has 0 spiro atoms. The number of hydrogen-bond acceptors (Lipinski definition) is 6. The number of aliphatic hydroxyl groups is 1. The van der Waals surface area contributed by atoms with Gasteiger partial charge >= 0.3 is 0 Å². The van der Waals surface area contributed by atoms with Crippen LogP contribution in [-0.2, 0) is 21.4 Å². The van der Waals surface area contributed by atoms with Crippen molar-refractivity contribution < 1.29 is 27.4 Å². The van der Waals surface area contributed by atoms with Crippen molar-refractivity contribution in [2.24, 2.45) is 0 Å². The van der Waals surface area contributed by atoms with Gasteiger partial charge in [-0.05, 0) is 12.1 Å². The molecule has 0 aliphatic carbocycles. The highest BCUT2D eigenvalue weighted by molar-refractivity contribution is 7.85. The second-order valence-corrected chi connectivity index (χ2v) is 6.40. The van der Waals surface area contributed by atoms with Crippen molar-refractivity contribution in [2.45, 2.75) is 18.4 Å². The van der Waals surface area contributed by atoms with Crippen LogP contribution in [0, 0.1) is 6.92 Å². The van der Waals surface area contributed by atoms with Gasteiger partial charge in [0.1, 0.15) is 16.7 Å². The minimum Gasteiger partial charge on any atom is -0.744 e. The Morgan fingerprint density at radius 2 is 1.95 bits per heavy atom. The molecule has 122 valence electrons. The van der Waals surface area contributed by atoms with E-state index >= 15 is 0 Å². The maximum absolute atomic E-state index is 10.3. The van der Waals surface area contributed by atoms with Crippen molar-refractivity contribution in [2.75, 3.05) is 19.8 Å². The summed E-state index contributed by atoms with van der Waals surface area (Å²) in [7, 11) is -4.25. The van der Waals surface area contributed by atoms with E-state index in [1.165, 1.54) is 30.0 Å².